The van der Waals surface area contributed by atoms with Crippen LogP contribution in [0.25, 0.3) is 0 Å². The standard InChI is InChI=1S/C17H18ClNO3/c1-22-15-8-13-12(16(18)17(15)21)6-7-19-9-14(13)10-2-4-11(20)5-3-10/h2-5,8,14,19-21H,6-7,9H2,1H3/i7D2,9D2. The van der Waals surface area contributed by atoms with Crippen molar-refractivity contribution in [3.8, 4) is 17.2 Å². The Bertz CT molecular complexity index is 843. The van der Waals surface area contributed by atoms with Crippen molar-refractivity contribution in [3.05, 3.63) is 52.0 Å². The summed E-state index contributed by atoms with van der Waals surface area (Å²) in [7, 11) is 1.36. The van der Waals surface area contributed by atoms with E-state index in [0.29, 0.717) is 16.7 Å². The van der Waals surface area contributed by atoms with Crippen molar-refractivity contribution in [2.75, 3.05) is 20.1 Å². The van der Waals surface area contributed by atoms with E-state index in [-0.39, 0.29) is 28.7 Å². The molecule has 1 unspecified atom stereocenters. The van der Waals surface area contributed by atoms with Crippen molar-refractivity contribution in [2.45, 2.75) is 12.3 Å². The van der Waals surface area contributed by atoms with Crippen molar-refractivity contribution in [1.29, 1.82) is 0 Å². The number of benzene rings is 2. The molecule has 3 rings (SSSR count). The molecule has 0 radical (unpaired) electrons. The Kier molecular flexibility index (Phi) is 2.97. The lowest BCUT2D eigenvalue weighted by Gasteiger charge is -2.21. The van der Waals surface area contributed by atoms with E-state index in [4.69, 9.17) is 21.8 Å². The Morgan fingerprint density at radius 1 is 1.32 bits per heavy atom. The summed E-state index contributed by atoms with van der Waals surface area (Å²) in [5.74, 6) is -1.14. The molecule has 3 N–H and O–H groups in total. The van der Waals surface area contributed by atoms with E-state index in [1.165, 1.54) is 25.3 Å². The first-order valence-corrected chi connectivity index (χ1v) is 7.10. The van der Waals surface area contributed by atoms with Crippen LogP contribution in [0.4, 0.5) is 0 Å². The lowest BCUT2D eigenvalue weighted by atomic mass is 9.87. The molecular weight excluding hydrogens is 302 g/mol. The van der Waals surface area contributed by atoms with Crippen LogP contribution in [0.3, 0.4) is 0 Å². The minimum absolute atomic E-state index is 0.0350. The third-order valence-electron chi connectivity index (χ3n) is 3.67. The fraction of sp³-hybridized carbons (Fsp3) is 0.294. The van der Waals surface area contributed by atoms with Gasteiger partial charge in [-0.1, -0.05) is 23.7 Å². The van der Waals surface area contributed by atoms with E-state index in [2.05, 4.69) is 5.32 Å². The molecule has 0 aromatic heterocycles. The van der Waals surface area contributed by atoms with Gasteiger partial charge in [0.05, 0.1) is 12.1 Å². The van der Waals surface area contributed by atoms with Gasteiger partial charge in [0.15, 0.2) is 11.5 Å². The molecule has 0 bridgehead atoms. The molecule has 1 aliphatic heterocycles. The molecule has 22 heavy (non-hydrogen) atoms. The van der Waals surface area contributed by atoms with E-state index in [1.54, 1.807) is 12.1 Å². The summed E-state index contributed by atoms with van der Waals surface area (Å²) in [6.07, 6.45) is -0.229. The maximum absolute atomic E-state index is 10.2. The van der Waals surface area contributed by atoms with Crippen molar-refractivity contribution < 1.29 is 20.4 Å². The van der Waals surface area contributed by atoms with Gasteiger partial charge in [-0.2, -0.15) is 0 Å². The SMILES string of the molecule is [2H]C1([2H])Cc2c(cc(OC)c(O)c2Cl)C(c2ccc(O)cc2)C([2H])([2H])N1. The average molecular weight is 324 g/mol. The highest BCUT2D eigenvalue weighted by Gasteiger charge is 2.25. The summed E-state index contributed by atoms with van der Waals surface area (Å²) in [6, 6.07) is 7.48. The van der Waals surface area contributed by atoms with Crippen LogP contribution in [0.15, 0.2) is 30.3 Å². The second kappa shape index (κ2) is 6.07. The van der Waals surface area contributed by atoms with Gasteiger partial charge in [0.25, 0.3) is 0 Å². The lowest BCUT2D eigenvalue weighted by molar-refractivity contribution is 0.372. The van der Waals surface area contributed by atoms with E-state index in [9.17, 15) is 10.2 Å². The zero-order valence-corrected chi connectivity index (χ0v) is 12.6. The van der Waals surface area contributed by atoms with Crippen LogP contribution in [0, 0.1) is 0 Å². The number of hydrogen-bond donors (Lipinski definition) is 3. The number of hydrogen-bond acceptors (Lipinski definition) is 4. The number of nitrogens with one attached hydrogen (secondary N) is 1. The molecule has 0 spiro atoms. The molecule has 4 nitrogen and oxygen atoms in total. The van der Waals surface area contributed by atoms with E-state index >= 15 is 0 Å². The molecular formula is C17H18ClNO3. The zero-order valence-electron chi connectivity index (χ0n) is 15.9. The van der Waals surface area contributed by atoms with Crippen molar-refractivity contribution >= 4 is 11.6 Å². The first kappa shape index (κ1) is 10.8. The highest BCUT2D eigenvalue weighted by molar-refractivity contribution is 6.33. The van der Waals surface area contributed by atoms with Gasteiger partial charge in [0, 0.05) is 17.9 Å². The Hall–Kier alpha value is -1.91. The molecule has 0 saturated heterocycles. The summed E-state index contributed by atoms with van der Waals surface area (Å²) < 4.78 is 38.3. The average Bonchev–Trinajstić information content (AvgIpc) is 2.62. The predicted molar refractivity (Wildman–Crippen MR) is 86.2 cm³/mol. The molecule has 2 aromatic carbocycles. The van der Waals surface area contributed by atoms with Crippen molar-refractivity contribution in [3.63, 3.8) is 0 Å². The van der Waals surface area contributed by atoms with Gasteiger partial charge in [-0.25, -0.2) is 0 Å². The van der Waals surface area contributed by atoms with Gasteiger partial charge in [0.1, 0.15) is 5.75 Å². The monoisotopic (exact) mass is 323 g/mol. The molecule has 0 aliphatic carbocycles. The van der Waals surface area contributed by atoms with Gasteiger partial charge in [-0.15, -0.1) is 0 Å². The predicted octanol–water partition coefficient (Wildman–Crippen LogP) is 3.04. The topological polar surface area (TPSA) is 61.7 Å². The van der Waals surface area contributed by atoms with Gasteiger partial charge < -0.3 is 20.3 Å². The van der Waals surface area contributed by atoms with Gasteiger partial charge in [-0.3, -0.25) is 0 Å². The smallest absolute Gasteiger partial charge is 0.177 e. The molecule has 1 atom stereocenters. The molecule has 1 aliphatic rings. The molecule has 0 saturated carbocycles. The third-order valence-corrected chi connectivity index (χ3v) is 4.08. The van der Waals surface area contributed by atoms with Crippen LogP contribution >= 0.6 is 11.6 Å². The van der Waals surface area contributed by atoms with Crippen LogP contribution in [0.2, 0.25) is 5.02 Å². The summed E-state index contributed by atoms with van der Waals surface area (Å²) in [5, 5.41) is 22.1. The first-order valence-electron chi connectivity index (χ1n) is 8.72. The maximum Gasteiger partial charge on any atom is 0.177 e. The van der Waals surface area contributed by atoms with Gasteiger partial charge in [-0.05, 0) is 47.8 Å². The van der Waals surface area contributed by atoms with E-state index in [0.717, 1.165) is 0 Å². The summed E-state index contributed by atoms with van der Waals surface area (Å²) in [5.41, 5.74) is 1.24. The number of phenols is 2. The molecule has 2 aromatic rings. The number of rotatable bonds is 2. The van der Waals surface area contributed by atoms with Gasteiger partial charge >= 0.3 is 0 Å². The number of halogens is 1. The van der Waals surface area contributed by atoms with Gasteiger partial charge in [0.2, 0.25) is 0 Å². The number of methoxy groups -OCH3 is 1. The fourth-order valence-electron chi connectivity index (χ4n) is 2.53. The minimum atomic E-state index is -2.17. The normalized spacial score (nSPS) is 24.9. The molecule has 0 fully saturated rings. The summed E-state index contributed by atoms with van der Waals surface area (Å²) in [4.78, 5) is 0. The molecule has 5 heteroatoms. The molecule has 0 amide bonds. The summed E-state index contributed by atoms with van der Waals surface area (Å²) in [6.45, 7) is -4.26. The van der Waals surface area contributed by atoms with Crippen LogP contribution in [-0.2, 0) is 6.42 Å². The van der Waals surface area contributed by atoms with E-state index in [1.807, 2.05) is 0 Å². The lowest BCUT2D eigenvalue weighted by Crippen LogP contribution is -2.20. The number of ether oxygens (including phenoxy) is 1. The highest BCUT2D eigenvalue weighted by atomic mass is 35.5. The Morgan fingerprint density at radius 2 is 2.05 bits per heavy atom. The Balaban J connectivity index is 2.32. The van der Waals surface area contributed by atoms with Crippen LogP contribution in [0.1, 0.15) is 28.1 Å². The minimum Gasteiger partial charge on any atom is -0.508 e. The quantitative estimate of drug-likeness (QED) is 0.795. The van der Waals surface area contributed by atoms with Crippen LogP contribution in [-0.4, -0.2) is 30.3 Å². The van der Waals surface area contributed by atoms with Crippen molar-refractivity contribution in [2.24, 2.45) is 0 Å². The second-order valence-corrected chi connectivity index (χ2v) is 5.33. The molecule has 1 heterocycles. The van der Waals surface area contributed by atoms with Crippen molar-refractivity contribution in [1.82, 2.24) is 5.32 Å². The Morgan fingerprint density at radius 3 is 2.73 bits per heavy atom. The number of phenolic OH excluding ortho intramolecular Hbond substituents is 2. The summed E-state index contributed by atoms with van der Waals surface area (Å²) >= 11 is 6.28. The molecule has 116 valence electrons. The number of aromatic hydroxyl groups is 2. The fourth-order valence-corrected chi connectivity index (χ4v) is 2.80. The number of fused-ring (bicyclic) bond motifs is 1. The first-order chi connectivity index (χ1) is 12.1. The second-order valence-electron chi connectivity index (χ2n) is 4.96. The largest absolute Gasteiger partial charge is 0.508 e. The highest BCUT2D eigenvalue weighted by Crippen LogP contribution is 2.43. The third kappa shape index (κ3) is 2.60. The zero-order chi connectivity index (χ0) is 19.3. The van der Waals surface area contributed by atoms with E-state index < -0.39 is 18.9 Å². The van der Waals surface area contributed by atoms with Crippen LogP contribution in [0.5, 0.6) is 17.2 Å². The Labute approximate surface area is 139 Å². The maximum atomic E-state index is 10.2. The van der Waals surface area contributed by atoms with Crippen LogP contribution < -0.4 is 10.1 Å².